The molecule has 32 heavy (non-hydrogen) atoms. The lowest BCUT2D eigenvalue weighted by Gasteiger charge is -2.37. The van der Waals surface area contributed by atoms with Gasteiger partial charge in [-0.1, -0.05) is 34.8 Å². The number of halogens is 16. The van der Waals surface area contributed by atoms with Gasteiger partial charge < -0.3 is 0 Å². The zero-order valence-electron chi connectivity index (χ0n) is 14.1. The predicted octanol–water partition coefficient (Wildman–Crippen LogP) is 7.38. The number of hydrogen-bond acceptors (Lipinski definition) is 2. The maximum atomic E-state index is 15.0. The number of benzene rings is 1. The molecule has 0 heterocycles. The molecule has 1 aromatic carbocycles. The van der Waals surface area contributed by atoms with E-state index >= 15 is 0 Å². The molecule has 19 heteroatoms. The van der Waals surface area contributed by atoms with Gasteiger partial charge in [0.2, 0.25) is 0 Å². The van der Waals surface area contributed by atoms with Crippen LogP contribution in [0.1, 0.15) is 11.1 Å². The summed E-state index contributed by atoms with van der Waals surface area (Å²) in [6.45, 7) is 0. The first-order chi connectivity index (χ1) is 13.7. The molecule has 0 amide bonds. The van der Waals surface area contributed by atoms with E-state index in [1.165, 1.54) is 6.07 Å². The van der Waals surface area contributed by atoms with Gasteiger partial charge in [0.25, 0.3) is 9.84 Å². The summed E-state index contributed by atoms with van der Waals surface area (Å²) in [6.07, 6.45) is -16.0. The Hall–Kier alpha value is -0.320. The van der Waals surface area contributed by atoms with Crippen LogP contribution in [0.3, 0.4) is 0 Å². The highest BCUT2D eigenvalue weighted by atomic mass is 79.9. The second-order valence-corrected chi connectivity index (χ2v) is 11.0. The van der Waals surface area contributed by atoms with Crippen LogP contribution < -0.4 is 0 Å². The highest BCUT2D eigenvalue weighted by Gasteiger charge is 2.82. The highest BCUT2D eigenvalue weighted by molar-refractivity contribution is 9.10. The number of rotatable bonds is 4. The Morgan fingerprint density at radius 1 is 0.844 bits per heavy atom. The third-order valence-electron chi connectivity index (χ3n) is 3.62. The van der Waals surface area contributed by atoms with Crippen LogP contribution in [0, 0.1) is 6.07 Å². The van der Waals surface area contributed by atoms with Gasteiger partial charge in [0.15, 0.2) is 3.79 Å². The van der Waals surface area contributed by atoms with Crippen molar-refractivity contribution in [3.63, 3.8) is 0 Å². The summed E-state index contributed by atoms with van der Waals surface area (Å²) >= 11 is 18.0. The van der Waals surface area contributed by atoms with Crippen LogP contribution in [0.25, 0.3) is 0 Å². The number of sulfone groups is 1. The van der Waals surface area contributed by atoms with E-state index in [1.807, 2.05) is 0 Å². The van der Waals surface area contributed by atoms with Gasteiger partial charge in [-0.3, -0.25) is 0 Å². The summed E-state index contributed by atoms with van der Waals surface area (Å²) in [5.74, 6) is -7.35. The standard InChI is InChI=1S/C13H3BrCl3F12O2S/c14-7-2-4(32(30,31)13(27,28)29)1-6(5(7)3-8(15,16)17)9(18,11(21,22)23)10(19,20)12(24,25)26/h1H,3H2. The maximum absolute atomic E-state index is 15.0. The highest BCUT2D eigenvalue weighted by Crippen LogP contribution is 2.60. The molecule has 0 aliphatic rings. The Morgan fingerprint density at radius 2 is 1.28 bits per heavy atom. The van der Waals surface area contributed by atoms with Crippen LogP contribution in [0.2, 0.25) is 0 Å². The molecule has 0 aliphatic heterocycles. The van der Waals surface area contributed by atoms with Crippen LogP contribution in [-0.4, -0.2) is 36.0 Å². The lowest BCUT2D eigenvalue weighted by Crippen LogP contribution is -2.60. The molecule has 0 bridgehead atoms. The smallest absolute Gasteiger partial charge is 0.221 e. The van der Waals surface area contributed by atoms with E-state index in [1.54, 1.807) is 0 Å². The fourth-order valence-corrected chi connectivity index (χ4v) is 4.06. The van der Waals surface area contributed by atoms with Crippen molar-refractivity contribution in [3.8, 4) is 0 Å². The van der Waals surface area contributed by atoms with Gasteiger partial charge in [-0.2, -0.15) is 48.3 Å². The monoisotopic (exact) mass is 635 g/mol. The number of hydrogen-bond donors (Lipinski definition) is 0. The van der Waals surface area contributed by atoms with E-state index in [9.17, 15) is 61.1 Å². The minimum absolute atomic E-state index is 1.02. The summed E-state index contributed by atoms with van der Waals surface area (Å²) in [6, 6.07) is 0.251. The molecule has 1 aromatic rings. The zero-order chi connectivity index (χ0) is 25.9. The second-order valence-electron chi connectivity index (χ2n) is 5.81. The summed E-state index contributed by atoms with van der Waals surface area (Å²) in [5.41, 5.74) is -17.7. The van der Waals surface area contributed by atoms with Crippen LogP contribution in [-0.2, 0) is 21.9 Å². The molecule has 1 rings (SSSR count). The topological polar surface area (TPSA) is 34.1 Å². The van der Waals surface area contributed by atoms with Gasteiger partial charge in [0.1, 0.15) is 0 Å². The average Bonchev–Trinajstić information content (AvgIpc) is 2.51. The van der Waals surface area contributed by atoms with E-state index in [-0.39, 0.29) is 0 Å². The summed E-state index contributed by atoms with van der Waals surface area (Å²) in [7, 11) is -6.71. The molecule has 1 radical (unpaired) electrons. The fourth-order valence-electron chi connectivity index (χ4n) is 2.20. The van der Waals surface area contributed by atoms with Crippen LogP contribution in [0.5, 0.6) is 0 Å². The van der Waals surface area contributed by atoms with Gasteiger partial charge in [0, 0.05) is 22.5 Å². The SMILES string of the molecule is O=S(=O)(c1[c]c(Br)c(CC(Cl)(Cl)Cl)c(C(F)(C(F)(F)F)C(F)(F)C(F)(F)F)c1)C(F)(F)F. The third kappa shape index (κ3) is 5.18. The summed E-state index contributed by atoms with van der Waals surface area (Å²) in [5, 5.41) is 0. The molecule has 1 unspecified atom stereocenters. The van der Waals surface area contributed by atoms with Gasteiger partial charge in [-0.05, 0) is 27.6 Å². The van der Waals surface area contributed by atoms with E-state index in [4.69, 9.17) is 34.8 Å². The minimum Gasteiger partial charge on any atom is -0.221 e. The van der Waals surface area contributed by atoms with Crippen molar-refractivity contribution >= 4 is 60.6 Å². The van der Waals surface area contributed by atoms with Gasteiger partial charge in [0.05, 0.1) is 4.90 Å². The molecule has 0 aromatic heterocycles. The van der Waals surface area contributed by atoms with Crippen molar-refractivity contribution in [3.05, 3.63) is 27.7 Å². The van der Waals surface area contributed by atoms with E-state index in [0.717, 1.165) is 0 Å². The Morgan fingerprint density at radius 3 is 1.59 bits per heavy atom. The van der Waals surface area contributed by atoms with E-state index in [0.29, 0.717) is 0 Å². The molecule has 0 saturated carbocycles. The third-order valence-corrected chi connectivity index (χ3v) is 6.11. The molecule has 0 N–H and O–H groups in total. The van der Waals surface area contributed by atoms with Crippen molar-refractivity contribution in [2.24, 2.45) is 0 Å². The lowest BCUT2D eigenvalue weighted by molar-refractivity contribution is -0.389. The molecular weight excluding hydrogens is 634 g/mol. The maximum Gasteiger partial charge on any atom is 0.501 e. The number of alkyl halides is 15. The first-order valence-electron chi connectivity index (χ1n) is 7.05. The summed E-state index contributed by atoms with van der Waals surface area (Å²) < 4.78 is 178. The Bertz CT molecular complexity index is 982. The van der Waals surface area contributed by atoms with Gasteiger partial charge >= 0.3 is 29.5 Å². The van der Waals surface area contributed by atoms with Gasteiger partial charge in [-0.15, -0.1) is 0 Å². The van der Waals surface area contributed by atoms with Crippen LogP contribution in [0.15, 0.2) is 15.4 Å². The first kappa shape index (κ1) is 29.7. The molecule has 0 saturated heterocycles. The van der Waals surface area contributed by atoms with Crippen molar-refractivity contribution in [2.45, 2.75) is 44.6 Å². The van der Waals surface area contributed by atoms with E-state index in [2.05, 4.69) is 15.9 Å². The molecule has 1 atom stereocenters. The van der Waals surface area contributed by atoms with Crippen molar-refractivity contribution in [1.82, 2.24) is 0 Å². The lowest BCUT2D eigenvalue weighted by atomic mass is 9.84. The van der Waals surface area contributed by atoms with Crippen LogP contribution >= 0.6 is 50.7 Å². The van der Waals surface area contributed by atoms with Crippen molar-refractivity contribution in [1.29, 1.82) is 0 Å². The van der Waals surface area contributed by atoms with Crippen LogP contribution in [0.4, 0.5) is 52.7 Å². The molecule has 185 valence electrons. The quantitative estimate of drug-likeness (QED) is 0.255. The van der Waals surface area contributed by atoms with Gasteiger partial charge in [-0.25, -0.2) is 12.8 Å². The molecule has 0 spiro atoms. The van der Waals surface area contributed by atoms with Crippen molar-refractivity contribution < 1.29 is 61.1 Å². The summed E-state index contributed by atoms with van der Waals surface area (Å²) in [4.78, 5) is -2.41. The fraction of sp³-hybridized carbons (Fsp3) is 0.538. The molecular formula is C13H3BrCl3F12O2S. The largest absolute Gasteiger partial charge is 0.501 e. The molecule has 0 fully saturated rings. The normalized spacial score (nSPS) is 16.8. The average molecular weight is 637 g/mol. The molecule has 0 aliphatic carbocycles. The molecule has 2 nitrogen and oxygen atoms in total. The second kappa shape index (κ2) is 8.41. The Labute approximate surface area is 193 Å². The van der Waals surface area contributed by atoms with E-state index < -0.39 is 76.1 Å². The zero-order valence-corrected chi connectivity index (χ0v) is 18.7. The Kier molecular flexibility index (Phi) is 7.81. The minimum atomic E-state index is -7.35. The Balaban J connectivity index is 4.30. The predicted molar refractivity (Wildman–Crippen MR) is 90.1 cm³/mol. The van der Waals surface area contributed by atoms with Crippen molar-refractivity contribution in [2.75, 3.05) is 0 Å². The first-order valence-corrected chi connectivity index (χ1v) is 10.5.